The normalized spacial score (nSPS) is 17.6. The fourth-order valence-electron chi connectivity index (χ4n) is 5.26. The van der Waals surface area contributed by atoms with Crippen molar-refractivity contribution in [2.24, 2.45) is 0 Å². The average molecular weight is 492 g/mol. The van der Waals surface area contributed by atoms with Crippen LogP contribution in [0.2, 0.25) is 5.02 Å². The van der Waals surface area contributed by atoms with Gasteiger partial charge >= 0.3 is 0 Å². The Labute approximate surface area is 210 Å². The van der Waals surface area contributed by atoms with Crippen LogP contribution in [0.25, 0.3) is 0 Å². The minimum Gasteiger partial charge on any atom is -0.348 e. The maximum atomic E-state index is 13.7. The summed E-state index contributed by atoms with van der Waals surface area (Å²) in [5.41, 5.74) is 3.97. The topological polar surface area (TPSA) is 90.1 Å². The Morgan fingerprint density at radius 1 is 1.06 bits per heavy atom. The number of hydrogen-bond donors (Lipinski definition) is 3. The molecular weight excluding hydrogens is 462 g/mol. The van der Waals surface area contributed by atoms with E-state index in [-0.39, 0.29) is 23.8 Å². The molecule has 1 atom stereocenters. The van der Waals surface area contributed by atoms with Crippen molar-refractivity contribution in [1.82, 2.24) is 25.5 Å². The van der Waals surface area contributed by atoms with Crippen molar-refractivity contribution in [3.8, 4) is 0 Å². The van der Waals surface area contributed by atoms with Gasteiger partial charge in [0.1, 0.15) is 6.04 Å². The number of nitrogens with one attached hydrogen (secondary N) is 3. The second-order valence-corrected chi connectivity index (χ2v) is 9.86. The second-order valence-electron chi connectivity index (χ2n) is 9.43. The number of carbonyl (C=O) groups is 2. The highest BCUT2D eigenvalue weighted by molar-refractivity contribution is 6.30. The molecule has 3 heterocycles. The van der Waals surface area contributed by atoms with Crippen LogP contribution < -0.4 is 10.6 Å². The van der Waals surface area contributed by atoms with Crippen LogP contribution in [0.15, 0.2) is 60.9 Å². The molecule has 0 bridgehead atoms. The Morgan fingerprint density at radius 2 is 1.80 bits per heavy atom. The van der Waals surface area contributed by atoms with E-state index in [1.807, 2.05) is 47.4 Å². The van der Waals surface area contributed by atoms with E-state index in [1.165, 1.54) is 5.69 Å². The van der Waals surface area contributed by atoms with Crippen LogP contribution in [0.3, 0.4) is 0 Å². The summed E-state index contributed by atoms with van der Waals surface area (Å²) in [6.45, 7) is 2.15. The van der Waals surface area contributed by atoms with E-state index < -0.39 is 6.04 Å². The monoisotopic (exact) mass is 491 g/mol. The SMILES string of the molecule is O=C(Cc1ccc(Cl)cc1)NC(Cc1ccccc1)C(=O)N1CCC2(CC1)NCCc1[nH]cnc12. The predicted molar refractivity (Wildman–Crippen MR) is 135 cm³/mol. The van der Waals surface area contributed by atoms with E-state index in [1.54, 1.807) is 18.5 Å². The lowest BCUT2D eigenvalue weighted by molar-refractivity contribution is -0.138. The third-order valence-corrected chi connectivity index (χ3v) is 7.38. The molecule has 1 saturated heterocycles. The zero-order chi connectivity index (χ0) is 24.3. The highest BCUT2D eigenvalue weighted by Crippen LogP contribution is 2.36. The van der Waals surface area contributed by atoms with E-state index in [0.717, 1.165) is 42.6 Å². The van der Waals surface area contributed by atoms with Crippen LogP contribution in [0, 0.1) is 0 Å². The third kappa shape index (κ3) is 5.26. The lowest BCUT2D eigenvalue weighted by Gasteiger charge is -2.44. The van der Waals surface area contributed by atoms with Crippen molar-refractivity contribution in [3.05, 3.63) is 88.5 Å². The van der Waals surface area contributed by atoms with Crippen LogP contribution in [-0.2, 0) is 34.4 Å². The number of H-pyrrole nitrogens is 1. The number of likely N-dealkylation sites (tertiary alicyclic amines) is 1. The summed E-state index contributed by atoms with van der Waals surface area (Å²) in [5.74, 6) is -0.212. The lowest BCUT2D eigenvalue weighted by atomic mass is 9.80. The van der Waals surface area contributed by atoms with Gasteiger partial charge in [-0.1, -0.05) is 54.1 Å². The summed E-state index contributed by atoms with van der Waals surface area (Å²) in [6.07, 6.45) is 4.96. The van der Waals surface area contributed by atoms with Gasteiger partial charge in [-0.25, -0.2) is 4.98 Å². The van der Waals surface area contributed by atoms with Gasteiger partial charge < -0.3 is 20.5 Å². The summed E-state index contributed by atoms with van der Waals surface area (Å²) in [7, 11) is 0. The maximum Gasteiger partial charge on any atom is 0.245 e. The summed E-state index contributed by atoms with van der Waals surface area (Å²) in [5, 5.41) is 7.31. The molecule has 5 rings (SSSR count). The number of nitrogens with zero attached hydrogens (tertiary/aromatic N) is 2. The van der Waals surface area contributed by atoms with Gasteiger partial charge in [0.15, 0.2) is 0 Å². The first-order chi connectivity index (χ1) is 17.0. The summed E-state index contributed by atoms with van der Waals surface area (Å²) < 4.78 is 0. The highest BCUT2D eigenvalue weighted by Gasteiger charge is 2.42. The number of amides is 2. The number of aromatic nitrogens is 2. The summed E-state index contributed by atoms with van der Waals surface area (Å²) in [4.78, 5) is 36.3. The molecule has 8 heteroatoms. The van der Waals surface area contributed by atoms with E-state index in [9.17, 15) is 9.59 Å². The molecule has 3 aromatic rings. The van der Waals surface area contributed by atoms with Crippen molar-refractivity contribution in [1.29, 1.82) is 0 Å². The molecule has 0 saturated carbocycles. The van der Waals surface area contributed by atoms with Crippen LogP contribution >= 0.6 is 11.6 Å². The van der Waals surface area contributed by atoms with E-state index in [4.69, 9.17) is 11.6 Å². The van der Waals surface area contributed by atoms with Gasteiger partial charge in [-0.15, -0.1) is 0 Å². The second kappa shape index (κ2) is 10.2. The van der Waals surface area contributed by atoms with E-state index in [2.05, 4.69) is 20.6 Å². The molecule has 0 radical (unpaired) electrons. The van der Waals surface area contributed by atoms with Gasteiger partial charge in [0, 0.05) is 43.2 Å². The third-order valence-electron chi connectivity index (χ3n) is 7.13. The van der Waals surface area contributed by atoms with Crippen LogP contribution in [0.5, 0.6) is 0 Å². The first kappa shape index (κ1) is 23.6. The molecule has 0 aliphatic carbocycles. The fraction of sp³-hybridized carbons (Fsp3) is 0.370. The van der Waals surface area contributed by atoms with Gasteiger partial charge in [0.25, 0.3) is 0 Å². The van der Waals surface area contributed by atoms with E-state index >= 15 is 0 Å². The molecule has 2 aliphatic heterocycles. The fourth-order valence-corrected chi connectivity index (χ4v) is 5.39. The Kier molecular flexibility index (Phi) is 6.88. The Morgan fingerprint density at radius 3 is 2.54 bits per heavy atom. The zero-order valence-electron chi connectivity index (χ0n) is 19.6. The molecule has 2 aliphatic rings. The first-order valence-electron chi connectivity index (χ1n) is 12.2. The van der Waals surface area contributed by atoms with Gasteiger partial charge in [-0.3, -0.25) is 9.59 Å². The van der Waals surface area contributed by atoms with Crippen LogP contribution in [0.1, 0.15) is 35.4 Å². The van der Waals surface area contributed by atoms with Crippen molar-refractivity contribution in [2.75, 3.05) is 19.6 Å². The van der Waals surface area contributed by atoms with Crippen molar-refractivity contribution in [2.45, 2.75) is 43.7 Å². The molecule has 1 unspecified atom stereocenters. The molecule has 1 fully saturated rings. The Hall–Kier alpha value is -3.16. The van der Waals surface area contributed by atoms with Crippen LogP contribution in [-0.4, -0.2) is 52.4 Å². The number of hydrogen-bond acceptors (Lipinski definition) is 4. The Balaban J connectivity index is 1.28. The molecule has 35 heavy (non-hydrogen) atoms. The van der Waals surface area contributed by atoms with Gasteiger partial charge in [0.05, 0.1) is 24.0 Å². The molecular formula is C27H30ClN5O2. The van der Waals surface area contributed by atoms with Gasteiger partial charge in [-0.05, 0) is 36.1 Å². The van der Waals surface area contributed by atoms with E-state index in [0.29, 0.717) is 24.5 Å². The molecule has 7 nitrogen and oxygen atoms in total. The molecule has 2 aromatic carbocycles. The number of rotatable bonds is 6. The Bertz CT molecular complexity index is 1170. The molecule has 1 aromatic heterocycles. The summed E-state index contributed by atoms with van der Waals surface area (Å²) in [6, 6.07) is 16.4. The molecule has 3 N–H and O–H groups in total. The van der Waals surface area contributed by atoms with Crippen molar-refractivity contribution in [3.63, 3.8) is 0 Å². The van der Waals surface area contributed by atoms with Gasteiger partial charge in [0.2, 0.25) is 11.8 Å². The predicted octanol–water partition coefficient (Wildman–Crippen LogP) is 3.00. The number of piperidine rings is 1. The van der Waals surface area contributed by atoms with Gasteiger partial charge in [-0.2, -0.15) is 0 Å². The molecule has 182 valence electrons. The number of halogens is 1. The summed E-state index contributed by atoms with van der Waals surface area (Å²) >= 11 is 5.96. The zero-order valence-corrected chi connectivity index (χ0v) is 20.4. The van der Waals surface area contributed by atoms with Crippen LogP contribution in [0.4, 0.5) is 0 Å². The number of fused-ring (bicyclic) bond motifs is 2. The molecule has 1 spiro atoms. The number of aromatic amines is 1. The minimum absolute atomic E-state index is 0.0359. The standard InChI is InChI=1S/C27H30ClN5O2/c28-21-8-6-20(7-9-21)17-24(34)32-23(16-19-4-2-1-3-5-19)26(35)33-14-11-27(12-15-33)25-22(10-13-31-27)29-18-30-25/h1-9,18,23,31H,10-17H2,(H,29,30)(H,32,34). The first-order valence-corrected chi connectivity index (χ1v) is 12.5. The highest BCUT2D eigenvalue weighted by atomic mass is 35.5. The number of carbonyl (C=O) groups excluding carboxylic acids is 2. The lowest BCUT2D eigenvalue weighted by Crippen LogP contribution is -2.58. The quantitative estimate of drug-likeness (QED) is 0.494. The smallest absolute Gasteiger partial charge is 0.245 e. The average Bonchev–Trinajstić information content (AvgIpc) is 3.37. The molecule has 2 amide bonds. The maximum absolute atomic E-state index is 13.7. The van der Waals surface area contributed by atoms with Crippen molar-refractivity contribution >= 4 is 23.4 Å². The minimum atomic E-state index is -0.619. The largest absolute Gasteiger partial charge is 0.348 e. The number of benzene rings is 2. The number of imidazole rings is 1. The van der Waals surface area contributed by atoms with Crippen molar-refractivity contribution < 1.29 is 9.59 Å².